The van der Waals surface area contributed by atoms with Gasteiger partial charge in [-0.05, 0) is 6.92 Å². The van der Waals surface area contributed by atoms with Crippen molar-refractivity contribution in [3.63, 3.8) is 0 Å². The molecule has 2 heterocycles. The molecule has 6 nitrogen and oxygen atoms in total. The van der Waals surface area contributed by atoms with Gasteiger partial charge in [0.15, 0.2) is 5.03 Å². The molecule has 0 radical (unpaired) electrons. The van der Waals surface area contributed by atoms with E-state index < -0.39 is 22.7 Å². The van der Waals surface area contributed by atoms with E-state index in [1.54, 1.807) is 6.92 Å². The predicted molar refractivity (Wildman–Crippen MR) is 64.6 cm³/mol. The van der Waals surface area contributed by atoms with E-state index in [1.165, 1.54) is 15.4 Å². The summed E-state index contributed by atoms with van der Waals surface area (Å²) in [6.45, 7) is 0.815. The standard InChI is InChI=1S/C10H15F3N4O2S/c1-8-14-6-9(15-8)20(18,19)17-4-2-16(3-5-17)7-10(11,12)13/h6H,2-5,7H2,1H3,(H,14,15). The molecule has 0 amide bonds. The summed E-state index contributed by atoms with van der Waals surface area (Å²) < 4.78 is 62.3. The topological polar surface area (TPSA) is 69.3 Å². The highest BCUT2D eigenvalue weighted by Crippen LogP contribution is 2.20. The maximum Gasteiger partial charge on any atom is 0.401 e. The zero-order valence-corrected chi connectivity index (χ0v) is 11.6. The van der Waals surface area contributed by atoms with Crippen LogP contribution >= 0.6 is 0 Å². The largest absolute Gasteiger partial charge is 0.401 e. The average Bonchev–Trinajstić information content (AvgIpc) is 2.75. The van der Waals surface area contributed by atoms with E-state index >= 15 is 0 Å². The Balaban J connectivity index is 2.00. The first-order valence-corrected chi connectivity index (χ1v) is 7.43. The molecule has 20 heavy (non-hydrogen) atoms. The molecule has 10 heteroatoms. The minimum absolute atomic E-state index is 0.0285. The maximum absolute atomic E-state index is 12.3. The number of aryl methyl sites for hydroxylation is 1. The third-order valence-electron chi connectivity index (χ3n) is 3.03. The van der Waals surface area contributed by atoms with Crippen molar-refractivity contribution in [1.82, 2.24) is 19.2 Å². The van der Waals surface area contributed by atoms with E-state index in [4.69, 9.17) is 0 Å². The van der Waals surface area contributed by atoms with Crippen molar-refractivity contribution in [3.8, 4) is 0 Å². The van der Waals surface area contributed by atoms with E-state index in [1.807, 2.05) is 0 Å². The van der Waals surface area contributed by atoms with Gasteiger partial charge in [0.25, 0.3) is 10.0 Å². The molecule has 1 N–H and O–H groups in total. The van der Waals surface area contributed by atoms with Crippen LogP contribution in [0.2, 0.25) is 0 Å². The highest BCUT2D eigenvalue weighted by atomic mass is 32.2. The number of hydrogen-bond donors (Lipinski definition) is 1. The molecule has 2 rings (SSSR count). The summed E-state index contributed by atoms with van der Waals surface area (Å²) >= 11 is 0. The number of sulfonamides is 1. The second-order valence-corrected chi connectivity index (χ2v) is 6.53. The van der Waals surface area contributed by atoms with E-state index in [2.05, 4.69) is 9.97 Å². The summed E-state index contributed by atoms with van der Waals surface area (Å²) in [4.78, 5) is 7.65. The van der Waals surface area contributed by atoms with Crippen LogP contribution in [0.25, 0.3) is 0 Å². The number of H-pyrrole nitrogens is 1. The van der Waals surface area contributed by atoms with Crippen molar-refractivity contribution in [1.29, 1.82) is 0 Å². The number of aromatic amines is 1. The number of hydrogen-bond acceptors (Lipinski definition) is 4. The minimum atomic E-state index is -4.26. The van der Waals surface area contributed by atoms with E-state index in [-0.39, 0.29) is 31.2 Å². The Hall–Kier alpha value is -1.13. The molecule has 1 aliphatic heterocycles. The fourth-order valence-corrected chi connectivity index (χ4v) is 3.43. The van der Waals surface area contributed by atoms with Crippen molar-refractivity contribution < 1.29 is 21.6 Å². The van der Waals surface area contributed by atoms with Gasteiger partial charge in [0, 0.05) is 26.2 Å². The summed E-state index contributed by atoms with van der Waals surface area (Å²) in [7, 11) is -3.70. The lowest BCUT2D eigenvalue weighted by atomic mass is 10.3. The van der Waals surface area contributed by atoms with Crippen LogP contribution in [-0.2, 0) is 10.0 Å². The number of rotatable bonds is 3. The van der Waals surface area contributed by atoms with Crippen LogP contribution in [-0.4, -0.2) is 66.5 Å². The van der Waals surface area contributed by atoms with Gasteiger partial charge in [0.2, 0.25) is 0 Å². The summed E-state index contributed by atoms with van der Waals surface area (Å²) in [5, 5.41) is -0.0285. The number of alkyl halides is 3. The van der Waals surface area contributed by atoms with Crippen molar-refractivity contribution in [2.24, 2.45) is 0 Å². The Morgan fingerprint density at radius 3 is 2.35 bits per heavy atom. The third kappa shape index (κ3) is 3.49. The molecule has 1 aromatic rings. The lowest BCUT2D eigenvalue weighted by molar-refractivity contribution is -0.148. The first-order valence-electron chi connectivity index (χ1n) is 5.99. The fourth-order valence-electron chi connectivity index (χ4n) is 2.05. The smallest absolute Gasteiger partial charge is 0.332 e. The minimum Gasteiger partial charge on any atom is -0.332 e. The molecule has 0 unspecified atom stereocenters. The van der Waals surface area contributed by atoms with Gasteiger partial charge in [-0.1, -0.05) is 0 Å². The first kappa shape index (κ1) is 15.3. The molecule has 0 aliphatic carbocycles. The lowest BCUT2D eigenvalue weighted by Gasteiger charge is -2.33. The number of halogens is 3. The summed E-state index contributed by atoms with van der Waals surface area (Å²) in [5.41, 5.74) is 0. The van der Waals surface area contributed by atoms with Crippen LogP contribution in [0, 0.1) is 6.92 Å². The SMILES string of the molecule is Cc1ncc(S(=O)(=O)N2CCN(CC(F)(F)F)CC2)[nH]1. The van der Waals surface area contributed by atoms with Gasteiger partial charge >= 0.3 is 6.18 Å². The molecule has 0 saturated carbocycles. The van der Waals surface area contributed by atoms with Crippen LogP contribution in [0.1, 0.15) is 5.82 Å². The third-order valence-corrected chi connectivity index (χ3v) is 4.84. The van der Waals surface area contributed by atoms with Crippen LogP contribution in [0.3, 0.4) is 0 Å². The molecular weight excluding hydrogens is 297 g/mol. The molecule has 114 valence electrons. The molecule has 1 aliphatic rings. The molecule has 1 fully saturated rings. The summed E-state index contributed by atoms with van der Waals surface area (Å²) in [6, 6.07) is 0. The van der Waals surface area contributed by atoms with Crippen molar-refractivity contribution in [2.75, 3.05) is 32.7 Å². The zero-order valence-electron chi connectivity index (χ0n) is 10.8. The van der Waals surface area contributed by atoms with Crippen LogP contribution in [0.5, 0.6) is 0 Å². The van der Waals surface area contributed by atoms with Crippen molar-refractivity contribution in [2.45, 2.75) is 18.1 Å². The predicted octanol–water partition coefficient (Wildman–Crippen LogP) is 0.587. The average molecular weight is 312 g/mol. The Morgan fingerprint density at radius 1 is 1.30 bits per heavy atom. The van der Waals surface area contributed by atoms with Crippen molar-refractivity contribution in [3.05, 3.63) is 12.0 Å². The highest BCUT2D eigenvalue weighted by Gasteiger charge is 2.35. The van der Waals surface area contributed by atoms with Gasteiger partial charge in [-0.2, -0.15) is 17.5 Å². The molecule has 1 aromatic heterocycles. The van der Waals surface area contributed by atoms with Gasteiger partial charge in [-0.3, -0.25) is 4.90 Å². The number of piperazine rings is 1. The lowest BCUT2D eigenvalue weighted by Crippen LogP contribution is -2.50. The maximum atomic E-state index is 12.3. The summed E-state index contributed by atoms with van der Waals surface area (Å²) in [6.07, 6.45) is -3.05. The molecule has 0 spiro atoms. The van der Waals surface area contributed by atoms with Crippen LogP contribution < -0.4 is 0 Å². The van der Waals surface area contributed by atoms with Gasteiger partial charge < -0.3 is 4.98 Å². The Kier molecular flexibility index (Phi) is 4.07. The molecular formula is C10H15F3N4O2S. The molecule has 0 atom stereocenters. The van der Waals surface area contributed by atoms with Crippen LogP contribution in [0.4, 0.5) is 13.2 Å². The van der Waals surface area contributed by atoms with E-state index in [0.717, 1.165) is 0 Å². The molecule has 1 saturated heterocycles. The second kappa shape index (κ2) is 5.34. The van der Waals surface area contributed by atoms with Crippen molar-refractivity contribution >= 4 is 10.0 Å². The van der Waals surface area contributed by atoms with Gasteiger partial charge in [0.05, 0.1) is 12.7 Å². The number of imidazole rings is 1. The normalized spacial score (nSPS) is 19.4. The summed E-state index contributed by atoms with van der Waals surface area (Å²) in [5.74, 6) is 0.472. The quantitative estimate of drug-likeness (QED) is 0.887. The molecule has 0 bridgehead atoms. The fraction of sp³-hybridized carbons (Fsp3) is 0.700. The number of aromatic nitrogens is 2. The Bertz CT molecular complexity index is 561. The zero-order chi connectivity index (χ0) is 15.0. The number of nitrogens with one attached hydrogen (secondary N) is 1. The van der Waals surface area contributed by atoms with E-state index in [9.17, 15) is 21.6 Å². The van der Waals surface area contributed by atoms with Crippen LogP contribution in [0.15, 0.2) is 11.2 Å². The highest BCUT2D eigenvalue weighted by molar-refractivity contribution is 7.89. The van der Waals surface area contributed by atoms with Gasteiger partial charge in [-0.25, -0.2) is 13.4 Å². The van der Waals surface area contributed by atoms with E-state index in [0.29, 0.717) is 5.82 Å². The second-order valence-electron chi connectivity index (χ2n) is 4.63. The van der Waals surface area contributed by atoms with Gasteiger partial charge in [-0.15, -0.1) is 0 Å². The Labute approximate surface area is 114 Å². The first-order chi connectivity index (χ1) is 9.18. The monoisotopic (exact) mass is 312 g/mol. The Morgan fingerprint density at radius 2 is 1.90 bits per heavy atom. The number of nitrogens with zero attached hydrogens (tertiary/aromatic N) is 3. The van der Waals surface area contributed by atoms with Gasteiger partial charge in [0.1, 0.15) is 5.82 Å². The molecule has 0 aromatic carbocycles.